The molecule has 1 fully saturated rings. The third-order valence-corrected chi connectivity index (χ3v) is 4.62. The normalized spacial score (nSPS) is 16.5. The lowest BCUT2D eigenvalue weighted by Crippen LogP contribution is -2.50. The van der Waals surface area contributed by atoms with E-state index in [9.17, 15) is 14.0 Å². The molecule has 1 aromatic carbocycles. The molecule has 1 aliphatic heterocycles. The summed E-state index contributed by atoms with van der Waals surface area (Å²) in [5.74, 6) is -1.26. The van der Waals surface area contributed by atoms with Gasteiger partial charge in [0.15, 0.2) is 12.0 Å². The second kappa shape index (κ2) is 8.46. The van der Waals surface area contributed by atoms with Crippen LogP contribution >= 0.6 is 0 Å². The standard InChI is InChI=1S/C18H24FNO6/c1-23-15(21)13-6-5-12(11-14(13)16(22)24-2)20-9-7-18(19,8-10-20)17(25-3)26-4/h5-6,11,17H,7-10H2,1-4H3. The molecule has 0 atom stereocenters. The van der Waals surface area contributed by atoms with Crippen LogP contribution in [0.5, 0.6) is 0 Å². The van der Waals surface area contributed by atoms with Crippen molar-refractivity contribution in [2.45, 2.75) is 24.8 Å². The summed E-state index contributed by atoms with van der Waals surface area (Å²) in [6, 6.07) is 4.78. The molecule has 1 saturated heterocycles. The average Bonchev–Trinajstić information content (AvgIpc) is 2.67. The van der Waals surface area contributed by atoms with Crippen LogP contribution in [0.4, 0.5) is 10.1 Å². The minimum Gasteiger partial charge on any atom is -0.465 e. The van der Waals surface area contributed by atoms with Crippen LogP contribution in [0.1, 0.15) is 33.6 Å². The zero-order valence-corrected chi connectivity index (χ0v) is 15.4. The number of nitrogens with zero attached hydrogens (tertiary/aromatic N) is 1. The Morgan fingerprint density at radius 2 is 1.54 bits per heavy atom. The van der Waals surface area contributed by atoms with Gasteiger partial charge in [-0.15, -0.1) is 0 Å². The summed E-state index contributed by atoms with van der Waals surface area (Å²) < 4.78 is 34.6. The molecule has 0 aromatic heterocycles. The Balaban J connectivity index is 2.23. The fourth-order valence-electron chi connectivity index (χ4n) is 3.19. The lowest BCUT2D eigenvalue weighted by molar-refractivity contribution is -0.191. The zero-order valence-electron chi connectivity index (χ0n) is 15.4. The number of hydrogen-bond acceptors (Lipinski definition) is 7. The van der Waals surface area contributed by atoms with Crippen LogP contribution in [-0.4, -0.2) is 65.4 Å². The van der Waals surface area contributed by atoms with Gasteiger partial charge in [-0.2, -0.15) is 0 Å². The summed E-state index contributed by atoms with van der Waals surface area (Å²) >= 11 is 0. The van der Waals surface area contributed by atoms with Crippen LogP contribution in [0, 0.1) is 0 Å². The van der Waals surface area contributed by atoms with Crippen molar-refractivity contribution in [3.05, 3.63) is 29.3 Å². The third kappa shape index (κ3) is 3.96. The molecule has 0 spiro atoms. The van der Waals surface area contributed by atoms with Gasteiger partial charge in [0.2, 0.25) is 0 Å². The maximum absolute atomic E-state index is 15.0. The number of alkyl halides is 1. The van der Waals surface area contributed by atoms with E-state index in [1.807, 2.05) is 4.90 Å². The number of ether oxygens (including phenoxy) is 4. The van der Waals surface area contributed by atoms with Gasteiger partial charge in [-0.25, -0.2) is 14.0 Å². The van der Waals surface area contributed by atoms with Crippen molar-refractivity contribution in [2.75, 3.05) is 46.4 Å². The molecule has 7 nitrogen and oxygen atoms in total. The first-order valence-corrected chi connectivity index (χ1v) is 8.20. The van der Waals surface area contributed by atoms with E-state index < -0.39 is 23.9 Å². The van der Waals surface area contributed by atoms with Crippen LogP contribution in [0.25, 0.3) is 0 Å². The number of piperidine rings is 1. The van der Waals surface area contributed by atoms with Gasteiger partial charge in [-0.1, -0.05) is 0 Å². The van der Waals surface area contributed by atoms with Crippen molar-refractivity contribution in [3.8, 4) is 0 Å². The molecule has 0 aliphatic carbocycles. The first kappa shape index (κ1) is 20.1. The summed E-state index contributed by atoms with van der Waals surface area (Å²) in [7, 11) is 5.31. The van der Waals surface area contributed by atoms with E-state index in [0.29, 0.717) is 18.8 Å². The predicted molar refractivity (Wildman–Crippen MR) is 92.2 cm³/mol. The molecule has 1 aromatic rings. The maximum Gasteiger partial charge on any atom is 0.338 e. The topological polar surface area (TPSA) is 74.3 Å². The number of carbonyl (C=O) groups excluding carboxylic acids is 2. The first-order valence-electron chi connectivity index (χ1n) is 8.20. The fraction of sp³-hybridized carbons (Fsp3) is 0.556. The van der Waals surface area contributed by atoms with Crippen molar-refractivity contribution < 1.29 is 32.9 Å². The highest BCUT2D eigenvalue weighted by Gasteiger charge is 2.43. The Morgan fingerprint density at radius 1 is 1.00 bits per heavy atom. The van der Waals surface area contributed by atoms with Gasteiger partial charge in [-0.3, -0.25) is 0 Å². The average molecular weight is 369 g/mol. The van der Waals surface area contributed by atoms with Crippen molar-refractivity contribution in [1.29, 1.82) is 0 Å². The number of hydrogen-bond donors (Lipinski definition) is 0. The van der Waals surface area contributed by atoms with E-state index >= 15 is 0 Å². The van der Waals surface area contributed by atoms with Crippen LogP contribution < -0.4 is 4.90 Å². The number of methoxy groups -OCH3 is 4. The first-order chi connectivity index (χ1) is 12.4. The summed E-state index contributed by atoms with van der Waals surface area (Å²) in [6.07, 6.45) is -0.492. The highest BCUT2D eigenvalue weighted by molar-refractivity contribution is 6.03. The molecular formula is C18H24FNO6. The number of carbonyl (C=O) groups is 2. The van der Waals surface area contributed by atoms with E-state index in [4.69, 9.17) is 18.9 Å². The van der Waals surface area contributed by atoms with Gasteiger partial charge >= 0.3 is 11.9 Å². The van der Waals surface area contributed by atoms with Crippen LogP contribution in [0.2, 0.25) is 0 Å². The highest BCUT2D eigenvalue weighted by Crippen LogP contribution is 2.34. The molecule has 1 heterocycles. The summed E-state index contributed by atoms with van der Waals surface area (Å²) in [4.78, 5) is 25.8. The second-order valence-electron chi connectivity index (χ2n) is 6.04. The Morgan fingerprint density at radius 3 is 2.04 bits per heavy atom. The van der Waals surface area contributed by atoms with Gasteiger partial charge in [-0.05, 0) is 18.2 Å². The van der Waals surface area contributed by atoms with E-state index in [0.717, 1.165) is 0 Å². The number of esters is 2. The summed E-state index contributed by atoms with van der Waals surface area (Å²) in [6.45, 7) is 0.829. The Hall–Kier alpha value is -2.19. The van der Waals surface area contributed by atoms with Crippen LogP contribution in [0.15, 0.2) is 18.2 Å². The molecule has 2 rings (SSSR count). The number of anilines is 1. The molecule has 0 radical (unpaired) electrons. The molecule has 144 valence electrons. The lowest BCUT2D eigenvalue weighted by Gasteiger charge is -2.40. The van der Waals surface area contributed by atoms with Gasteiger partial charge in [0.1, 0.15) is 0 Å². The predicted octanol–water partition coefficient (Wildman–Crippen LogP) is 2.19. The van der Waals surface area contributed by atoms with Crippen molar-refractivity contribution >= 4 is 17.6 Å². The number of rotatable bonds is 6. The van der Waals surface area contributed by atoms with Gasteiger partial charge in [0, 0.05) is 45.8 Å². The number of benzene rings is 1. The summed E-state index contributed by atoms with van der Waals surface area (Å²) in [5.41, 5.74) is -0.636. The van der Waals surface area contributed by atoms with E-state index in [1.54, 1.807) is 12.1 Å². The Labute approximate surface area is 152 Å². The second-order valence-corrected chi connectivity index (χ2v) is 6.04. The van der Waals surface area contributed by atoms with Gasteiger partial charge in [0.25, 0.3) is 0 Å². The monoisotopic (exact) mass is 369 g/mol. The fourth-order valence-corrected chi connectivity index (χ4v) is 3.19. The van der Waals surface area contributed by atoms with Gasteiger partial charge in [0.05, 0.1) is 25.3 Å². The Kier molecular flexibility index (Phi) is 6.55. The number of halogens is 1. The molecular weight excluding hydrogens is 345 g/mol. The lowest BCUT2D eigenvalue weighted by atomic mass is 9.92. The van der Waals surface area contributed by atoms with E-state index in [-0.39, 0.29) is 24.0 Å². The van der Waals surface area contributed by atoms with Crippen LogP contribution in [0.3, 0.4) is 0 Å². The molecule has 0 saturated carbocycles. The third-order valence-electron chi connectivity index (χ3n) is 4.62. The van der Waals surface area contributed by atoms with E-state index in [1.165, 1.54) is 34.5 Å². The highest BCUT2D eigenvalue weighted by atomic mass is 19.1. The largest absolute Gasteiger partial charge is 0.465 e. The SMILES string of the molecule is COC(=O)c1ccc(N2CCC(F)(C(OC)OC)CC2)cc1C(=O)OC. The van der Waals surface area contributed by atoms with E-state index in [2.05, 4.69) is 0 Å². The molecule has 1 aliphatic rings. The molecule has 0 unspecified atom stereocenters. The molecule has 8 heteroatoms. The van der Waals surface area contributed by atoms with Crippen LogP contribution in [-0.2, 0) is 18.9 Å². The Bertz CT molecular complexity index is 653. The quantitative estimate of drug-likeness (QED) is 0.562. The molecule has 26 heavy (non-hydrogen) atoms. The minimum atomic E-state index is -1.57. The molecule has 0 N–H and O–H groups in total. The molecule has 0 bridgehead atoms. The van der Waals surface area contributed by atoms with Gasteiger partial charge < -0.3 is 23.8 Å². The van der Waals surface area contributed by atoms with Crippen molar-refractivity contribution in [1.82, 2.24) is 0 Å². The zero-order chi connectivity index (χ0) is 19.3. The smallest absolute Gasteiger partial charge is 0.338 e. The maximum atomic E-state index is 15.0. The minimum absolute atomic E-state index is 0.112. The van der Waals surface area contributed by atoms with Crippen molar-refractivity contribution in [2.24, 2.45) is 0 Å². The molecule has 0 amide bonds. The summed E-state index contributed by atoms with van der Waals surface area (Å²) in [5, 5.41) is 0. The van der Waals surface area contributed by atoms with Crippen molar-refractivity contribution in [3.63, 3.8) is 0 Å².